The van der Waals surface area contributed by atoms with Gasteiger partial charge in [0.25, 0.3) is 5.91 Å². The lowest BCUT2D eigenvalue weighted by Crippen LogP contribution is -2.28. The molecule has 1 unspecified atom stereocenters. The number of aromatic nitrogens is 3. The van der Waals surface area contributed by atoms with Crippen LogP contribution in [0.4, 0.5) is 18.9 Å². The Hall–Kier alpha value is -3.34. The first kappa shape index (κ1) is 25.3. The maximum Gasteiger partial charge on any atom is 0.416 e. The van der Waals surface area contributed by atoms with Gasteiger partial charge in [-0.05, 0) is 51.1 Å². The third-order valence-electron chi connectivity index (χ3n) is 4.92. The summed E-state index contributed by atoms with van der Waals surface area (Å²) < 4.78 is 40.3. The van der Waals surface area contributed by atoms with Crippen molar-refractivity contribution in [1.82, 2.24) is 20.1 Å². The van der Waals surface area contributed by atoms with E-state index in [0.29, 0.717) is 23.1 Å². The molecule has 2 amide bonds. The summed E-state index contributed by atoms with van der Waals surface area (Å²) in [5.41, 5.74) is 0.801. The number of nitrogens with zero attached hydrogens (tertiary/aromatic N) is 3. The van der Waals surface area contributed by atoms with Gasteiger partial charge in [-0.25, -0.2) is 0 Å². The number of hydrogen-bond acceptors (Lipinski definition) is 5. The smallest absolute Gasteiger partial charge is 0.342 e. The van der Waals surface area contributed by atoms with E-state index >= 15 is 0 Å². The summed E-state index contributed by atoms with van der Waals surface area (Å²) in [6.45, 7) is 6.11. The number of halogens is 3. The van der Waals surface area contributed by atoms with Gasteiger partial charge in [0.1, 0.15) is 0 Å². The quantitative estimate of drug-likeness (QED) is 0.440. The Balaban J connectivity index is 1.62. The monoisotopic (exact) mass is 491 g/mol. The van der Waals surface area contributed by atoms with Gasteiger partial charge in [-0.2, -0.15) is 13.2 Å². The number of amides is 2. The molecule has 0 radical (unpaired) electrons. The van der Waals surface area contributed by atoms with E-state index in [1.165, 1.54) is 12.1 Å². The third-order valence-corrected chi connectivity index (χ3v) is 5.88. The predicted molar refractivity (Wildman–Crippen MR) is 124 cm³/mol. The highest BCUT2D eigenvalue weighted by atomic mass is 32.2. The Bertz CT molecular complexity index is 1160. The molecule has 0 aliphatic heterocycles. The molecule has 0 aliphatic rings. The van der Waals surface area contributed by atoms with E-state index in [0.717, 1.165) is 29.5 Å². The van der Waals surface area contributed by atoms with Crippen molar-refractivity contribution in [2.24, 2.45) is 0 Å². The molecule has 0 aliphatic carbocycles. The number of nitrogens with one attached hydrogen (secondary N) is 2. The molecule has 1 heterocycles. The number of anilines is 1. The highest BCUT2D eigenvalue weighted by Crippen LogP contribution is 2.30. The minimum Gasteiger partial charge on any atom is -0.342 e. The van der Waals surface area contributed by atoms with Gasteiger partial charge in [-0.3, -0.25) is 9.59 Å². The number of rotatable bonds is 8. The second-order valence-corrected chi connectivity index (χ2v) is 8.50. The molecule has 7 nitrogen and oxygen atoms in total. The summed E-state index contributed by atoms with van der Waals surface area (Å²) in [6.07, 6.45) is -4.49. The molecular formula is C23H24F3N5O2S. The van der Waals surface area contributed by atoms with Gasteiger partial charge in [0.15, 0.2) is 11.0 Å². The number of benzene rings is 2. The van der Waals surface area contributed by atoms with E-state index < -0.39 is 23.7 Å². The Morgan fingerprint density at radius 2 is 1.82 bits per heavy atom. The van der Waals surface area contributed by atoms with Crippen LogP contribution in [0.3, 0.4) is 0 Å². The standard InChI is InChI=1S/C23H24F3N5O2S/c1-4-31-20(15(3)27-21(33)16-10-8-14(2)9-11-16)29-30-22(31)34-13-19(32)28-18-7-5-6-17(12-18)23(24,25)26/h5-12,15H,4,13H2,1-3H3,(H,27,33)(H,28,32). The van der Waals surface area contributed by atoms with Crippen LogP contribution in [0.15, 0.2) is 53.7 Å². The van der Waals surface area contributed by atoms with Gasteiger partial charge in [-0.1, -0.05) is 35.5 Å². The Morgan fingerprint density at radius 1 is 1.12 bits per heavy atom. The van der Waals surface area contributed by atoms with Crippen molar-refractivity contribution in [3.63, 3.8) is 0 Å². The molecule has 1 atom stereocenters. The summed E-state index contributed by atoms with van der Waals surface area (Å²) in [4.78, 5) is 24.8. The van der Waals surface area contributed by atoms with Crippen LogP contribution in [0.1, 0.15) is 47.2 Å². The van der Waals surface area contributed by atoms with Crippen LogP contribution in [0.25, 0.3) is 0 Å². The topological polar surface area (TPSA) is 88.9 Å². The molecule has 0 saturated heterocycles. The van der Waals surface area contributed by atoms with Gasteiger partial charge in [-0.15, -0.1) is 10.2 Å². The van der Waals surface area contributed by atoms with Crippen LogP contribution in [0, 0.1) is 6.92 Å². The van der Waals surface area contributed by atoms with Crippen LogP contribution in [0.2, 0.25) is 0 Å². The second kappa shape index (κ2) is 10.7. The molecule has 1 aromatic heterocycles. The van der Waals surface area contributed by atoms with Crippen molar-refractivity contribution in [2.75, 3.05) is 11.1 Å². The molecule has 180 valence electrons. The van der Waals surface area contributed by atoms with E-state index in [9.17, 15) is 22.8 Å². The molecule has 0 saturated carbocycles. The number of hydrogen-bond donors (Lipinski definition) is 2. The number of alkyl halides is 3. The number of aryl methyl sites for hydroxylation is 1. The molecule has 2 aromatic carbocycles. The Labute approximate surface area is 199 Å². The lowest BCUT2D eigenvalue weighted by molar-refractivity contribution is -0.137. The largest absolute Gasteiger partial charge is 0.416 e. The van der Waals surface area contributed by atoms with Crippen LogP contribution < -0.4 is 10.6 Å². The molecule has 34 heavy (non-hydrogen) atoms. The lowest BCUT2D eigenvalue weighted by atomic mass is 10.1. The molecule has 0 spiro atoms. The summed E-state index contributed by atoms with van der Waals surface area (Å²) in [5, 5.41) is 14.1. The van der Waals surface area contributed by atoms with Crippen LogP contribution in [-0.2, 0) is 17.5 Å². The van der Waals surface area contributed by atoms with E-state index in [4.69, 9.17) is 0 Å². The normalized spacial score (nSPS) is 12.3. The summed E-state index contributed by atoms with van der Waals surface area (Å²) in [6, 6.07) is 11.2. The first-order valence-electron chi connectivity index (χ1n) is 10.5. The van der Waals surface area contributed by atoms with E-state index in [2.05, 4.69) is 20.8 Å². The van der Waals surface area contributed by atoms with Crippen molar-refractivity contribution in [1.29, 1.82) is 0 Å². The van der Waals surface area contributed by atoms with Crippen molar-refractivity contribution in [3.05, 3.63) is 71.0 Å². The number of carbonyl (C=O) groups is 2. The summed E-state index contributed by atoms with van der Waals surface area (Å²) in [5.74, 6) is -0.257. The van der Waals surface area contributed by atoms with Crippen molar-refractivity contribution in [2.45, 2.75) is 44.7 Å². The average Bonchev–Trinajstić information content (AvgIpc) is 3.21. The summed E-state index contributed by atoms with van der Waals surface area (Å²) >= 11 is 1.11. The maximum atomic E-state index is 12.9. The van der Waals surface area contributed by atoms with Crippen LogP contribution in [0.5, 0.6) is 0 Å². The molecule has 0 fully saturated rings. The van der Waals surface area contributed by atoms with Gasteiger partial charge in [0.05, 0.1) is 17.4 Å². The van der Waals surface area contributed by atoms with Gasteiger partial charge in [0, 0.05) is 17.8 Å². The zero-order chi connectivity index (χ0) is 24.9. The first-order valence-corrected chi connectivity index (χ1v) is 11.5. The van der Waals surface area contributed by atoms with Gasteiger partial charge < -0.3 is 15.2 Å². The Kier molecular flexibility index (Phi) is 7.98. The molecule has 0 bridgehead atoms. The third kappa shape index (κ3) is 6.37. The summed E-state index contributed by atoms with van der Waals surface area (Å²) in [7, 11) is 0. The van der Waals surface area contributed by atoms with E-state index in [1.807, 2.05) is 26.0 Å². The molecule has 3 aromatic rings. The average molecular weight is 492 g/mol. The predicted octanol–water partition coefficient (Wildman–Crippen LogP) is 4.85. The van der Waals surface area contributed by atoms with E-state index in [1.54, 1.807) is 23.6 Å². The van der Waals surface area contributed by atoms with Gasteiger partial charge >= 0.3 is 6.18 Å². The first-order chi connectivity index (χ1) is 16.1. The lowest BCUT2D eigenvalue weighted by Gasteiger charge is -2.15. The zero-order valence-corrected chi connectivity index (χ0v) is 19.6. The molecule has 11 heteroatoms. The number of thioether (sulfide) groups is 1. The minimum atomic E-state index is -4.49. The SMILES string of the molecule is CCn1c(SCC(=O)Nc2cccc(C(F)(F)F)c2)nnc1C(C)NC(=O)c1ccc(C)cc1. The van der Waals surface area contributed by atoms with Crippen molar-refractivity contribution in [3.8, 4) is 0 Å². The molecule has 2 N–H and O–H groups in total. The molecular weight excluding hydrogens is 467 g/mol. The zero-order valence-electron chi connectivity index (χ0n) is 18.8. The van der Waals surface area contributed by atoms with Crippen molar-refractivity contribution < 1.29 is 22.8 Å². The van der Waals surface area contributed by atoms with Crippen LogP contribution in [-0.4, -0.2) is 32.3 Å². The second-order valence-electron chi connectivity index (χ2n) is 7.56. The number of carbonyl (C=O) groups excluding carboxylic acids is 2. The van der Waals surface area contributed by atoms with Gasteiger partial charge in [0.2, 0.25) is 5.91 Å². The van der Waals surface area contributed by atoms with Crippen LogP contribution >= 0.6 is 11.8 Å². The molecule has 3 rings (SSSR count). The fraction of sp³-hybridized carbons (Fsp3) is 0.304. The Morgan fingerprint density at radius 3 is 2.47 bits per heavy atom. The fourth-order valence-electron chi connectivity index (χ4n) is 3.17. The minimum absolute atomic E-state index is 0.0607. The maximum absolute atomic E-state index is 12.9. The van der Waals surface area contributed by atoms with Crippen molar-refractivity contribution >= 4 is 29.3 Å². The fourth-order valence-corrected chi connectivity index (χ4v) is 3.98. The highest BCUT2D eigenvalue weighted by Gasteiger charge is 2.30. The highest BCUT2D eigenvalue weighted by molar-refractivity contribution is 7.99. The van der Waals surface area contributed by atoms with E-state index in [-0.39, 0.29) is 17.3 Å².